The molecule has 0 bridgehead atoms. The van der Waals surface area contributed by atoms with Crippen LogP contribution < -0.4 is 0 Å². The van der Waals surface area contributed by atoms with E-state index in [9.17, 15) is 14.7 Å². The van der Waals surface area contributed by atoms with E-state index in [1.807, 2.05) is 24.4 Å². The van der Waals surface area contributed by atoms with Crippen LogP contribution in [0.3, 0.4) is 0 Å². The van der Waals surface area contributed by atoms with E-state index >= 15 is 0 Å². The van der Waals surface area contributed by atoms with Gasteiger partial charge >= 0.3 is 0 Å². The molecule has 4 rings (SSSR count). The number of furan rings is 1. The monoisotopic (exact) mass is 400 g/mol. The molecule has 0 saturated heterocycles. The summed E-state index contributed by atoms with van der Waals surface area (Å²) in [6, 6.07) is 6.55. The van der Waals surface area contributed by atoms with Crippen molar-refractivity contribution in [1.82, 2.24) is 9.88 Å². The van der Waals surface area contributed by atoms with Crippen molar-refractivity contribution in [3.05, 3.63) is 73.5 Å². The molecule has 0 aliphatic carbocycles. The highest BCUT2D eigenvalue weighted by Crippen LogP contribution is 2.42. The van der Waals surface area contributed by atoms with Gasteiger partial charge in [0.05, 0.1) is 34.0 Å². The van der Waals surface area contributed by atoms with Crippen molar-refractivity contribution in [3.63, 3.8) is 0 Å². The molecule has 0 radical (unpaired) electrons. The number of aliphatic hydroxyl groups excluding tert-OH is 1. The third-order valence-corrected chi connectivity index (χ3v) is 6.37. The average molecular weight is 400 g/mol. The van der Waals surface area contributed by atoms with Gasteiger partial charge in [0.15, 0.2) is 5.76 Å². The molecule has 1 unspecified atom stereocenters. The summed E-state index contributed by atoms with van der Waals surface area (Å²) >= 11 is 2.70. The maximum absolute atomic E-state index is 13.2. The van der Waals surface area contributed by atoms with Crippen LogP contribution in [-0.4, -0.2) is 26.7 Å². The van der Waals surface area contributed by atoms with Crippen LogP contribution in [0.5, 0.6) is 0 Å². The molecule has 0 fully saturated rings. The third kappa shape index (κ3) is 3.00. The molecular formula is C19H16N2O4S2. The molecular weight excluding hydrogens is 384 g/mol. The van der Waals surface area contributed by atoms with E-state index in [1.165, 1.54) is 33.8 Å². The summed E-state index contributed by atoms with van der Waals surface area (Å²) in [6.45, 7) is 3.74. The molecule has 1 aliphatic heterocycles. The summed E-state index contributed by atoms with van der Waals surface area (Å²) in [5.41, 5.74) is 0.699. The zero-order valence-electron chi connectivity index (χ0n) is 14.6. The van der Waals surface area contributed by atoms with Crippen molar-refractivity contribution in [2.45, 2.75) is 26.4 Å². The number of amides is 1. The highest BCUT2D eigenvalue weighted by molar-refractivity contribution is 7.14. The minimum Gasteiger partial charge on any atom is -0.503 e. The first-order valence-corrected chi connectivity index (χ1v) is 9.95. The summed E-state index contributed by atoms with van der Waals surface area (Å²) < 4.78 is 5.36. The van der Waals surface area contributed by atoms with Crippen molar-refractivity contribution in [2.24, 2.45) is 0 Å². The Balaban J connectivity index is 1.79. The largest absolute Gasteiger partial charge is 0.503 e. The van der Waals surface area contributed by atoms with Gasteiger partial charge in [0.25, 0.3) is 5.91 Å². The quantitative estimate of drug-likeness (QED) is 0.649. The molecule has 0 saturated carbocycles. The first-order chi connectivity index (χ1) is 13.0. The average Bonchev–Trinajstić information content (AvgIpc) is 3.40. The lowest BCUT2D eigenvalue weighted by molar-refractivity contribution is -0.130. The lowest BCUT2D eigenvalue weighted by Gasteiger charge is -2.24. The molecule has 1 aliphatic rings. The van der Waals surface area contributed by atoms with Crippen molar-refractivity contribution in [3.8, 4) is 0 Å². The van der Waals surface area contributed by atoms with Gasteiger partial charge in [0.1, 0.15) is 11.8 Å². The van der Waals surface area contributed by atoms with Gasteiger partial charge in [0, 0.05) is 4.88 Å². The van der Waals surface area contributed by atoms with Crippen LogP contribution in [-0.2, 0) is 11.3 Å². The Morgan fingerprint density at radius 2 is 2.15 bits per heavy atom. The van der Waals surface area contributed by atoms with Crippen LogP contribution in [0.2, 0.25) is 0 Å². The van der Waals surface area contributed by atoms with E-state index in [1.54, 1.807) is 19.1 Å². The van der Waals surface area contributed by atoms with Crippen LogP contribution in [0.4, 0.5) is 0 Å². The first-order valence-electron chi connectivity index (χ1n) is 8.26. The van der Waals surface area contributed by atoms with Gasteiger partial charge in [-0.25, -0.2) is 4.98 Å². The third-order valence-electron chi connectivity index (χ3n) is 4.38. The molecule has 1 atom stereocenters. The van der Waals surface area contributed by atoms with Crippen LogP contribution in [0.25, 0.3) is 0 Å². The molecule has 8 heteroatoms. The van der Waals surface area contributed by atoms with Gasteiger partial charge in [-0.15, -0.1) is 22.7 Å². The van der Waals surface area contributed by atoms with Crippen LogP contribution in [0.15, 0.2) is 51.7 Å². The summed E-state index contributed by atoms with van der Waals surface area (Å²) in [7, 11) is 0. The number of thiazole rings is 1. The molecule has 6 nitrogen and oxygen atoms in total. The van der Waals surface area contributed by atoms with Crippen molar-refractivity contribution in [2.75, 3.05) is 0 Å². The summed E-state index contributed by atoms with van der Waals surface area (Å²) in [5, 5.41) is 13.2. The molecule has 4 heterocycles. The Labute approximate surface area is 163 Å². The van der Waals surface area contributed by atoms with Gasteiger partial charge in [-0.1, -0.05) is 6.07 Å². The number of carbonyl (C=O) groups excluding carboxylic acids is 2. The smallest absolute Gasteiger partial charge is 0.290 e. The van der Waals surface area contributed by atoms with Crippen molar-refractivity contribution >= 4 is 34.4 Å². The second-order valence-electron chi connectivity index (χ2n) is 6.17. The fraction of sp³-hybridized carbons (Fsp3) is 0.211. The maximum atomic E-state index is 13.2. The normalized spacial score (nSPS) is 17.2. The molecule has 27 heavy (non-hydrogen) atoms. The van der Waals surface area contributed by atoms with Crippen LogP contribution in [0, 0.1) is 13.8 Å². The van der Waals surface area contributed by atoms with Gasteiger partial charge < -0.3 is 14.4 Å². The minimum atomic E-state index is -0.656. The number of hydrogen-bond donors (Lipinski definition) is 1. The van der Waals surface area contributed by atoms with Crippen molar-refractivity contribution < 1.29 is 19.1 Å². The lowest BCUT2D eigenvalue weighted by atomic mass is 10.0. The van der Waals surface area contributed by atoms with Gasteiger partial charge in [-0.05, 0) is 37.4 Å². The Hall–Kier alpha value is -2.71. The fourth-order valence-corrected chi connectivity index (χ4v) is 4.95. The van der Waals surface area contributed by atoms with Gasteiger partial charge in [-0.2, -0.15) is 0 Å². The summed E-state index contributed by atoms with van der Waals surface area (Å²) in [4.78, 5) is 33.1. The van der Waals surface area contributed by atoms with E-state index in [0.717, 1.165) is 9.88 Å². The number of aromatic nitrogens is 1. The number of nitrogens with zero attached hydrogens (tertiary/aromatic N) is 2. The van der Waals surface area contributed by atoms with Crippen LogP contribution >= 0.6 is 22.7 Å². The van der Waals surface area contributed by atoms with E-state index in [4.69, 9.17) is 4.42 Å². The molecule has 138 valence electrons. The number of aryl methyl sites for hydroxylation is 2. The lowest BCUT2D eigenvalue weighted by Crippen LogP contribution is -2.30. The van der Waals surface area contributed by atoms with Crippen LogP contribution in [0.1, 0.15) is 37.1 Å². The number of Topliss-reactive ketones (excluding diaryl/α,β-unsaturated/α-hetero) is 1. The fourth-order valence-electron chi connectivity index (χ4n) is 3.23. The second-order valence-corrected chi connectivity index (χ2v) is 8.35. The minimum absolute atomic E-state index is 0.0979. The Kier molecular flexibility index (Phi) is 4.45. The predicted octanol–water partition coefficient (Wildman–Crippen LogP) is 4.19. The zero-order chi connectivity index (χ0) is 19.1. The standard InChI is InChI=1S/C19H16N2O4S2/c1-10-18(27-11(2)20-10)16(22)14-15(13-6-4-8-26-13)21(19(24)17(14)23)9-12-5-3-7-25-12/h3-8,15,23H,9H2,1-2H3. The van der Waals surface area contributed by atoms with E-state index in [-0.39, 0.29) is 17.9 Å². The maximum Gasteiger partial charge on any atom is 0.290 e. The second kappa shape index (κ2) is 6.79. The number of aliphatic hydroxyl groups is 1. The highest BCUT2D eigenvalue weighted by Gasteiger charge is 2.45. The summed E-state index contributed by atoms with van der Waals surface area (Å²) in [5.74, 6) is -0.858. The number of rotatable bonds is 5. The number of ketones is 1. The molecule has 0 aromatic carbocycles. The Morgan fingerprint density at radius 1 is 1.33 bits per heavy atom. The predicted molar refractivity (Wildman–Crippen MR) is 102 cm³/mol. The zero-order valence-corrected chi connectivity index (χ0v) is 16.3. The molecule has 3 aromatic heterocycles. The molecule has 0 spiro atoms. The van der Waals surface area contributed by atoms with Gasteiger partial charge in [-0.3, -0.25) is 9.59 Å². The van der Waals surface area contributed by atoms with Gasteiger partial charge in [0.2, 0.25) is 5.78 Å². The van der Waals surface area contributed by atoms with Crippen molar-refractivity contribution in [1.29, 1.82) is 0 Å². The highest BCUT2D eigenvalue weighted by atomic mass is 32.1. The Morgan fingerprint density at radius 3 is 2.74 bits per heavy atom. The molecule has 1 amide bonds. The number of carbonyl (C=O) groups is 2. The topological polar surface area (TPSA) is 83.6 Å². The summed E-state index contributed by atoms with van der Waals surface area (Å²) in [6.07, 6.45) is 1.53. The first kappa shape index (κ1) is 17.7. The SMILES string of the molecule is Cc1nc(C)c(C(=O)C2=C(O)C(=O)N(Cc3ccco3)C2c2cccs2)s1. The molecule has 3 aromatic rings. The van der Waals surface area contributed by atoms with E-state index in [0.29, 0.717) is 16.3 Å². The number of thiophene rings is 1. The molecule has 1 N–H and O–H groups in total. The van der Waals surface area contributed by atoms with E-state index in [2.05, 4.69) is 4.98 Å². The Bertz CT molecular complexity index is 1030. The van der Waals surface area contributed by atoms with E-state index < -0.39 is 17.7 Å². The number of hydrogen-bond acceptors (Lipinski definition) is 7.